The lowest BCUT2D eigenvalue weighted by atomic mass is 9.95. The Bertz CT molecular complexity index is 1010. The van der Waals surface area contributed by atoms with Crippen LogP contribution in [0.25, 0.3) is 10.2 Å². The standard InChI is InChI=1S/C25H34N4O3S2/c1-25(2,3)32-24(31)29-15-18(14-20(29)23(30)28-12-13-33-16-28)27-10-8-17(9-11-27)22-26-19-6-4-5-7-21(19)34-22/h4-7,17-18,20H,8-16H2,1-3H3/t18-,20-/m0/s1. The Hall–Kier alpha value is -1.84. The molecule has 9 heteroatoms. The van der Waals surface area contributed by atoms with Crippen LogP contribution in [0.15, 0.2) is 24.3 Å². The average Bonchev–Trinajstić information content (AvgIpc) is 3.57. The first-order valence-electron chi connectivity index (χ1n) is 12.2. The molecule has 2 amide bonds. The highest BCUT2D eigenvalue weighted by molar-refractivity contribution is 7.99. The van der Waals surface area contributed by atoms with Gasteiger partial charge in [-0.2, -0.15) is 0 Å². The Morgan fingerprint density at radius 3 is 2.56 bits per heavy atom. The van der Waals surface area contributed by atoms with Gasteiger partial charge in [-0.15, -0.1) is 23.1 Å². The van der Waals surface area contributed by atoms with E-state index in [1.54, 1.807) is 16.7 Å². The predicted molar refractivity (Wildman–Crippen MR) is 137 cm³/mol. The number of benzene rings is 1. The SMILES string of the molecule is CC(C)(C)OC(=O)N1C[C@@H](N2CCC(c3nc4ccccc4s3)CC2)C[C@H]1C(=O)N1CCSC1. The molecule has 184 valence electrons. The van der Waals surface area contributed by atoms with Crippen molar-refractivity contribution in [3.8, 4) is 0 Å². The molecule has 7 nitrogen and oxygen atoms in total. The molecule has 0 bridgehead atoms. The maximum atomic E-state index is 13.3. The number of thioether (sulfide) groups is 1. The summed E-state index contributed by atoms with van der Waals surface area (Å²) >= 11 is 3.59. The smallest absolute Gasteiger partial charge is 0.411 e. The van der Waals surface area contributed by atoms with E-state index in [1.165, 1.54) is 9.71 Å². The van der Waals surface area contributed by atoms with Crippen LogP contribution in [0.4, 0.5) is 4.79 Å². The second-order valence-corrected chi connectivity index (χ2v) is 12.6. The van der Waals surface area contributed by atoms with Gasteiger partial charge in [-0.1, -0.05) is 12.1 Å². The summed E-state index contributed by atoms with van der Waals surface area (Å²) in [6.07, 6.45) is 2.43. The normalized spacial score (nSPS) is 24.8. The Balaban J connectivity index is 1.26. The van der Waals surface area contributed by atoms with E-state index in [1.807, 2.05) is 43.1 Å². The topological polar surface area (TPSA) is 66.0 Å². The van der Waals surface area contributed by atoms with Gasteiger partial charge in [-0.25, -0.2) is 9.78 Å². The van der Waals surface area contributed by atoms with Crippen molar-refractivity contribution in [2.24, 2.45) is 0 Å². The van der Waals surface area contributed by atoms with E-state index in [0.717, 1.165) is 49.6 Å². The van der Waals surface area contributed by atoms with Gasteiger partial charge in [-0.3, -0.25) is 14.6 Å². The van der Waals surface area contributed by atoms with Gasteiger partial charge in [-0.05, 0) is 65.3 Å². The number of thiazole rings is 1. The van der Waals surface area contributed by atoms with Crippen LogP contribution < -0.4 is 0 Å². The Labute approximate surface area is 209 Å². The third kappa shape index (κ3) is 5.06. The van der Waals surface area contributed by atoms with Crippen molar-refractivity contribution in [2.45, 2.75) is 63.6 Å². The summed E-state index contributed by atoms with van der Waals surface area (Å²) in [6.45, 7) is 8.87. The maximum Gasteiger partial charge on any atom is 0.411 e. The number of hydrogen-bond donors (Lipinski definition) is 0. The van der Waals surface area contributed by atoms with E-state index in [2.05, 4.69) is 23.1 Å². The molecule has 1 aromatic carbocycles. The number of hydrogen-bond acceptors (Lipinski definition) is 7. The third-order valence-electron chi connectivity index (χ3n) is 6.96. The van der Waals surface area contributed by atoms with Crippen molar-refractivity contribution in [2.75, 3.05) is 37.8 Å². The Kier molecular flexibility index (Phi) is 6.79. The van der Waals surface area contributed by atoms with Crippen molar-refractivity contribution in [1.29, 1.82) is 0 Å². The molecule has 0 unspecified atom stereocenters. The summed E-state index contributed by atoms with van der Waals surface area (Å²) in [5, 5.41) is 1.24. The Morgan fingerprint density at radius 1 is 1.12 bits per heavy atom. The number of piperidine rings is 1. The van der Waals surface area contributed by atoms with Gasteiger partial charge in [0.15, 0.2) is 0 Å². The molecule has 0 radical (unpaired) electrons. The fourth-order valence-corrected chi connectivity index (χ4v) is 7.30. The summed E-state index contributed by atoms with van der Waals surface area (Å²) in [6, 6.07) is 8.11. The molecule has 1 aromatic heterocycles. The molecule has 0 saturated carbocycles. The van der Waals surface area contributed by atoms with Gasteiger partial charge in [0.05, 0.1) is 21.1 Å². The van der Waals surface area contributed by atoms with Crippen molar-refractivity contribution in [1.82, 2.24) is 19.7 Å². The highest BCUT2D eigenvalue weighted by Gasteiger charge is 2.45. The number of carbonyl (C=O) groups excluding carboxylic acids is 2. The monoisotopic (exact) mass is 502 g/mol. The summed E-state index contributed by atoms with van der Waals surface area (Å²) in [7, 11) is 0. The zero-order chi connectivity index (χ0) is 23.9. The lowest BCUT2D eigenvalue weighted by Crippen LogP contribution is -2.48. The molecule has 0 aliphatic carbocycles. The van der Waals surface area contributed by atoms with Gasteiger partial charge in [0.1, 0.15) is 11.6 Å². The minimum absolute atomic E-state index is 0.0720. The summed E-state index contributed by atoms with van der Waals surface area (Å²) in [5.41, 5.74) is 0.511. The number of carbonyl (C=O) groups is 2. The van der Waals surface area contributed by atoms with Crippen LogP contribution in [0.1, 0.15) is 51.0 Å². The lowest BCUT2D eigenvalue weighted by Gasteiger charge is -2.35. The maximum absolute atomic E-state index is 13.3. The van der Waals surface area contributed by atoms with Gasteiger partial charge in [0, 0.05) is 30.8 Å². The molecule has 2 aromatic rings. The van der Waals surface area contributed by atoms with Crippen LogP contribution in [0.2, 0.25) is 0 Å². The molecule has 34 heavy (non-hydrogen) atoms. The zero-order valence-corrected chi connectivity index (χ0v) is 21.9. The predicted octanol–water partition coefficient (Wildman–Crippen LogP) is 4.39. The van der Waals surface area contributed by atoms with E-state index in [4.69, 9.17) is 9.72 Å². The second kappa shape index (κ2) is 9.66. The summed E-state index contributed by atoms with van der Waals surface area (Å²) in [5.74, 6) is 2.24. The van der Waals surface area contributed by atoms with E-state index in [9.17, 15) is 9.59 Å². The third-order valence-corrected chi connectivity index (χ3v) is 9.13. The van der Waals surface area contributed by atoms with Crippen LogP contribution in [0, 0.1) is 0 Å². The largest absolute Gasteiger partial charge is 0.444 e. The molecule has 3 fully saturated rings. The molecule has 3 aliphatic heterocycles. The number of fused-ring (bicyclic) bond motifs is 1. The highest BCUT2D eigenvalue weighted by Crippen LogP contribution is 2.36. The van der Waals surface area contributed by atoms with E-state index in [0.29, 0.717) is 18.9 Å². The molecule has 3 saturated heterocycles. The number of amides is 2. The second-order valence-electron chi connectivity index (χ2n) is 10.5. The van der Waals surface area contributed by atoms with Crippen LogP contribution in [0.5, 0.6) is 0 Å². The quantitative estimate of drug-likeness (QED) is 0.620. The number of aromatic nitrogens is 1. The first-order chi connectivity index (χ1) is 16.3. The van der Waals surface area contributed by atoms with Crippen molar-refractivity contribution in [3.63, 3.8) is 0 Å². The minimum Gasteiger partial charge on any atom is -0.444 e. The summed E-state index contributed by atoms with van der Waals surface area (Å²) < 4.78 is 6.94. The summed E-state index contributed by atoms with van der Waals surface area (Å²) in [4.78, 5) is 37.3. The molecular weight excluding hydrogens is 468 g/mol. The van der Waals surface area contributed by atoms with Crippen molar-refractivity contribution >= 4 is 45.3 Å². The van der Waals surface area contributed by atoms with Crippen LogP contribution in [0.3, 0.4) is 0 Å². The van der Waals surface area contributed by atoms with Crippen LogP contribution in [-0.4, -0.2) is 87.2 Å². The van der Waals surface area contributed by atoms with E-state index < -0.39 is 11.6 Å². The molecule has 5 rings (SSSR count). The number of likely N-dealkylation sites (tertiary alicyclic amines) is 2. The number of para-hydroxylation sites is 1. The number of rotatable bonds is 3. The number of ether oxygens (including phenoxy) is 1. The first kappa shape index (κ1) is 23.9. The fourth-order valence-electron chi connectivity index (χ4n) is 5.21. The minimum atomic E-state index is -0.581. The molecule has 0 N–H and O–H groups in total. The van der Waals surface area contributed by atoms with E-state index >= 15 is 0 Å². The van der Waals surface area contributed by atoms with Gasteiger partial charge in [0.25, 0.3) is 0 Å². The molecular formula is C25H34N4O3S2. The average molecular weight is 503 g/mol. The van der Waals surface area contributed by atoms with Crippen molar-refractivity contribution in [3.05, 3.63) is 29.3 Å². The van der Waals surface area contributed by atoms with Gasteiger partial charge in [0.2, 0.25) is 5.91 Å². The molecule has 0 spiro atoms. The molecule has 2 atom stereocenters. The molecule has 3 aliphatic rings. The Morgan fingerprint density at radius 2 is 1.88 bits per heavy atom. The van der Waals surface area contributed by atoms with Crippen molar-refractivity contribution < 1.29 is 14.3 Å². The van der Waals surface area contributed by atoms with Gasteiger partial charge < -0.3 is 9.64 Å². The first-order valence-corrected chi connectivity index (χ1v) is 14.2. The van der Waals surface area contributed by atoms with E-state index in [-0.39, 0.29) is 18.0 Å². The van der Waals surface area contributed by atoms with Crippen LogP contribution >= 0.6 is 23.1 Å². The van der Waals surface area contributed by atoms with Crippen LogP contribution in [-0.2, 0) is 9.53 Å². The lowest BCUT2D eigenvalue weighted by molar-refractivity contribution is -0.134. The zero-order valence-electron chi connectivity index (χ0n) is 20.2. The number of nitrogens with zero attached hydrogens (tertiary/aromatic N) is 4. The molecule has 4 heterocycles. The highest BCUT2D eigenvalue weighted by atomic mass is 32.2. The van der Waals surface area contributed by atoms with Gasteiger partial charge >= 0.3 is 6.09 Å². The fraction of sp³-hybridized carbons (Fsp3) is 0.640.